The summed E-state index contributed by atoms with van der Waals surface area (Å²) in [6, 6.07) is 14.5. The van der Waals surface area contributed by atoms with Gasteiger partial charge in [-0.05, 0) is 25.3 Å². The minimum atomic E-state index is -0.288. The number of anilines is 1. The average Bonchev–Trinajstić information content (AvgIpc) is 3.09. The number of furan rings is 1. The lowest BCUT2D eigenvalue weighted by molar-refractivity contribution is 0.104. The number of benzene rings is 1. The highest BCUT2D eigenvalue weighted by Gasteiger charge is 2.16. The first-order chi connectivity index (χ1) is 11.3. The third kappa shape index (κ3) is 3.51. The maximum Gasteiger partial charge on any atom is 0.203 e. The van der Waals surface area contributed by atoms with Crippen LogP contribution in [0.1, 0.15) is 35.4 Å². The van der Waals surface area contributed by atoms with Crippen molar-refractivity contribution in [2.24, 2.45) is 0 Å². The van der Waals surface area contributed by atoms with E-state index in [-0.39, 0.29) is 11.4 Å². The molecular formula is C19H18N2O2. The van der Waals surface area contributed by atoms with Gasteiger partial charge in [-0.25, -0.2) is 0 Å². The van der Waals surface area contributed by atoms with Gasteiger partial charge in [0.2, 0.25) is 5.78 Å². The first kappa shape index (κ1) is 15.1. The van der Waals surface area contributed by atoms with Crippen molar-refractivity contribution in [1.29, 1.82) is 5.26 Å². The standard InChI is InChI=1S/C19H18N2O2/c20-14-16(19(22)15-7-3-1-4-8-15)13-17-9-10-18(23-17)21-11-5-2-6-12-21/h1,3-4,7-10,13H,2,5-6,11-12H2. The Kier molecular flexibility index (Phi) is 4.58. The lowest BCUT2D eigenvalue weighted by Gasteiger charge is -2.25. The second kappa shape index (κ2) is 6.97. The lowest BCUT2D eigenvalue weighted by Crippen LogP contribution is -2.28. The normalized spacial score (nSPS) is 15.3. The molecule has 1 aromatic carbocycles. The van der Waals surface area contributed by atoms with Gasteiger partial charge >= 0.3 is 0 Å². The fourth-order valence-electron chi connectivity index (χ4n) is 2.74. The fourth-order valence-corrected chi connectivity index (χ4v) is 2.74. The Hall–Kier alpha value is -2.80. The molecule has 1 saturated heterocycles. The van der Waals surface area contributed by atoms with Gasteiger partial charge in [0.1, 0.15) is 17.4 Å². The Labute approximate surface area is 135 Å². The van der Waals surface area contributed by atoms with Crippen molar-refractivity contribution in [3.05, 3.63) is 59.4 Å². The highest BCUT2D eigenvalue weighted by atomic mass is 16.4. The fraction of sp³-hybridized carbons (Fsp3) is 0.263. The van der Waals surface area contributed by atoms with E-state index in [1.165, 1.54) is 25.3 Å². The number of nitrogens with zero attached hydrogens (tertiary/aromatic N) is 2. The largest absolute Gasteiger partial charge is 0.441 e. The quantitative estimate of drug-likeness (QED) is 0.485. The molecule has 0 N–H and O–H groups in total. The zero-order chi connectivity index (χ0) is 16.1. The van der Waals surface area contributed by atoms with Crippen LogP contribution >= 0.6 is 0 Å². The number of allylic oxidation sites excluding steroid dienone is 1. The third-order valence-electron chi connectivity index (χ3n) is 3.97. The van der Waals surface area contributed by atoms with Crippen LogP contribution in [0.4, 0.5) is 5.88 Å². The van der Waals surface area contributed by atoms with Crippen molar-refractivity contribution < 1.29 is 9.21 Å². The molecule has 0 bridgehead atoms. The van der Waals surface area contributed by atoms with Crippen molar-refractivity contribution in [2.45, 2.75) is 19.3 Å². The molecule has 4 heteroatoms. The van der Waals surface area contributed by atoms with Gasteiger partial charge in [-0.3, -0.25) is 4.79 Å². The molecule has 0 radical (unpaired) electrons. The van der Waals surface area contributed by atoms with E-state index >= 15 is 0 Å². The Morgan fingerprint density at radius 2 is 1.83 bits per heavy atom. The molecule has 1 aliphatic heterocycles. The minimum Gasteiger partial charge on any atom is -0.441 e. The van der Waals surface area contributed by atoms with Gasteiger partial charge in [-0.15, -0.1) is 0 Å². The van der Waals surface area contributed by atoms with Gasteiger partial charge in [-0.1, -0.05) is 30.3 Å². The Morgan fingerprint density at radius 1 is 1.09 bits per heavy atom. The highest BCUT2D eigenvalue weighted by Crippen LogP contribution is 2.24. The SMILES string of the molecule is N#CC(=Cc1ccc(N2CCCCC2)o1)C(=O)c1ccccc1. The van der Waals surface area contributed by atoms with Crippen LogP contribution in [-0.4, -0.2) is 18.9 Å². The summed E-state index contributed by atoms with van der Waals surface area (Å²) in [7, 11) is 0. The summed E-state index contributed by atoms with van der Waals surface area (Å²) in [5.41, 5.74) is 0.582. The van der Waals surface area contributed by atoms with Gasteiger partial charge in [0.15, 0.2) is 5.88 Å². The number of nitriles is 1. The van der Waals surface area contributed by atoms with Crippen LogP contribution in [0.3, 0.4) is 0 Å². The first-order valence-electron chi connectivity index (χ1n) is 7.84. The molecule has 0 spiro atoms. The van der Waals surface area contributed by atoms with Crippen LogP contribution < -0.4 is 4.90 Å². The molecule has 0 unspecified atom stereocenters. The van der Waals surface area contributed by atoms with E-state index in [1.807, 2.05) is 18.2 Å². The Bertz CT molecular complexity index is 747. The van der Waals surface area contributed by atoms with Gasteiger partial charge in [0.05, 0.1) is 0 Å². The molecule has 3 rings (SSSR count). The average molecular weight is 306 g/mol. The minimum absolute atomic E-state index is 0.0794. The van der Waals surface area contributed by atoms with Crippen LogP contribution in [0.15, 0.2) is 52.5 Å². The predicted molar refractivity (Wildman–Crippen MR) is 89.1 cm³/mol. The van der Waals surface area contributed by atoms with Crippen LogP contribution in [0.2, 0.25) is 0 Å². The zero-order valence-corrected chi connectivity index (χ0v) is 12.9. The van der Waals surface area contributed by atoms with Crippen molar-refractivity contribution in [3.8, 4) is 6.07 Å². The van der Waals surface area contributed by atoms with Crippen molar-refractivity contribution in [2.75, 3.05) is 18.0 Å². The molecule has 2 heterocycles. The second-order valence-electron chi connectivity index (χ2n) is 5.59. The first-order valence-corrected chi connectivity index (χ1v) is 7.84. The summed E-state index contributed by atoms with van der Waals surface area (Å²) >= 11 is 0. The van der Waals surface area contributed by atoms with Crippen LogP contribution in [-0.2, 0) is 0 Å². The molecule has 4 nitrogen and oxygen atoms in total. The lowest BCUT2D eigenvalue weighted by atomic mass is 10.0. The molecule has 1 aliphatic rings. The maximum atomic E-state index is 12.3. The summed E-state index contributed by atoms with van der Waals surface area (Å²) in [4.78, 5) is 14.5. The van der Waals surface area contributed by atoms with Gasteiger partial charge in [0.25, 0.3) is 0 Å². The molecule has 1 fully saturated rings. The topological polar surface area (TPSA) is 57.2 Å². The molecule has 1 aromatic heterocycles. The summed E-state index contributed by atoms with van der Waals surface area (Å²) in [5, 5.41) is 9.28. The van der Waals surface area contributed by atoms with E-state index in [0.29, 0.717) is 11.3 Å². The number of carbonyl (C=O) groups is 1. The third-order valence-corrected chi connectivity index (χ3v) is 3.97. The van der Waals surface area contributed by atoms with Crippen molar-refractivity contribution in [1.82, 2.24) is 0 Å². The van der Waals surface area contributed by atoms with Crippen LogP contribution in [0.5, 0.6) is 0 Å². The molecule has 2 aromatic rings. The summed E-state index contributed by atoms with van der Waals surface area (Å²) in [6.07, 6.45) is 5.11. The number of ketones is 1. The predicted octanol–water partition coefficient (Wildman–Crippen LogP) is 4.06. The van der Waals surface area contributed by atoms with Gasteiger partial charge < -0.3 is 9.32 Å². The smallest absolute Gasteiger partial charge is 0.203 e. The van der Waals surface area contributed by atoms with E-state index in [0.717, 1.165) is 19.0 Å². The van der Waals surface area contributed by atoms with Crippen LogP contribution in [0, 0.1) is 11.3 Å². The number of hydrogen-bond acceptors (Lipinski definition) is 4. The number of carbonyl (C=O) groups excluding carboxylic acids is 1. The van der Waals surface area contributed by atoms with Gasteiger partial charge in [0, 0.05) is 30.8 Å². The number of hydrogen-bond donors (Lipinski definition) is 0. The molecule has 116 valence electrons. The number of rotatable bonds is 4. The summed E-state index contributed by atoms with van der Waals surface area (Å²) in [5.74, 6) is 1.05. The van der Waals surface area contributed by atoms with Crippen LogP contribution in [0.25, 0.3) is 6.08 Å². The molecule has 0 aliphatic carbocycles. The van der Waals surface area contributed by atoms with Gasteiger partial charge in [-0.2, -0.15) is 5.26 Å². The van der Waals surface area contributed by atoms with E-state index in [1.54, 1.807) is 30.3 Å². The van der Waals surface area contributed by atoms with E-state index in [2.05, 4.69) is 4.90 Å². The molecule has 23 heavy (non-hydrogen) atoms. The molecule has 0 atom stereocenters. The number of piperidine rings is 1. The molecular weight excluding hydrogens is 288 g/mol. The Balaban J connectivity index is 1.80. The molecule has 0 amide bonds. The molecule has 0 saturated carbocycles. The maximum absolute atomic E-state index is 12.3. The highest BCUT2D eigenvalue weighted by molar-refractivity contribution is 6.13. The number of Topliss-reactive ketones (excluding diaryl/α,β-unsaturated/α-hetero) is 1. The zero-order valence-electron chi connectivity index (χ0n) is 12.9. The monoisotopic (exact) mass is 306 g/mol. The van der Waals surface area contributed by atoms with Crippen molar-refractivity contribution >= 4 is 17.7 Å². The van der Waals surface area contributed by atoms with Crippen molar-refractivity contribution in [3.63, 3.8) is 0 Å². The Morgan fingerprint density at radius 3 is 2.52 bits per heavy atom. The summed E-state index contributed by atoms with van der Waals surface area (Å²) < 4.78 is 5.79. The summed E-state index contributed by atoms with van der Waals surface area (Å²) in [6.45, 7) is 1.98. The van der Waals surface area contributed by atoms with E-state index in [9.17, 15) is 10.1 Å². The van der Waals surface area contributed by atoms with E-state index in [4.69, 9.17) is 4.42 Å². The second-order valence-corrected chi connectivity index (χ2v) is 5.59. The van der Waals surface area contributed by atoms with E-state index < -0.39 is 0 Å².